The zero-order valence-electron chi connectivity index (χ0n) is 31.5. The maximum Gasteiger partial charge on any atom is 0.0182 e. The van der Waals surface area contributed by atoms with Crippen molar-refractivity contribution in [2.45, 2.75) is 112 Å². The maximum atomic E-state index is 3.86. The van der Waals surface area contributed by atoms with Gasteiger partial charge in [-0.3, -0.25) is 0 Å². The molecule has 274 valence electrons. The number of benzene rings is 3. The summed E-state index contributed by atoms with van der Waals surface area (Å²) in [5.41, 5.74) is 9.18. The van der Waals surface area contributed by atoms with Crippen LogP contribution in [0.25, 0.3) is 22.3 Å². The Morgan fingerprint density at radius 1 is 0.577 bits per heavy atom. The van der Waals surface area contributed by atoms with E-state index in [2.05, 4.69) is 92.7 Å². The first-order valence-electron chi connectivity index (χ1n) is 21.7. The second kappa shape index (κ2) is 13.0. The predicted octanol–water partition coefficient (Wildman–Crippen LogP) is 11.2. The Hall–Kier alpha value is -1.56. The molecule has 8 bridgehead atoms. The minimum atomic E-state index is -0.159. The second-order valence-electron chi connectivity index (χ2n) is 20.0. The van der Waals surface area contributed by atoms with Gasteiger partial charge in [0, 0.05) is 5.16 Å². The van der Waals surface area contributed by atoms with E-state index in [0.717, 1.165) is 61.7 Å². The smallest absolute Gasteiger partial charge is 0.0182 e. The molecule has 8 saturated carbocycles. The molecule has 0 aromatic heterocycles. The average molecular weight is 729 g/mol. The molecule has 2 N–H and O–H groups in total. The fourth-order valence-corrected chi connectivity index (χ4v) is 21.6. The Labute approximate surface area is 317 Å². The molecule has 3 aromatic rings. The normalized spacial score (nSPS) is 40.3. The van der Waals surface area contributed by atoms with E-state index in [9.17, 15) is 0 Å². The van der Waals surface area contributed by atoms with Crippen molar-refractivity contribution in [3.05, 3.63) is 83.9 Å². The fourth-order valence-electron chi connectivity index (χ4n) is 15.6. The van der Waals surface area contributed by atoms with E-state index < -0.39 is 0 Å². The van der Waals surface area contributed by atoms with Crippen LogP contribution in [0.15, 0.2) is 72.8 Å². The first kappa shape index (κ1) is 33.8. The molecule has 2 aliphatic heterocycles. The summed E-state index contributed by atoms with van der Waals surface area (Å²) in [4.78, 5) is 0. The summed E-state index contributed by atoms with van der Waals surface area (Å²) >= 11 is 0. The van der Waals surface area contributed by atoms with Crippen LogP contribution >= 0.6 is 17.2 Å². The minimum absolute atomic E-state index is 0.0744. The summed E-state index contributed by atoms with van der Waals surface area (Å²) in [5.74, 6) is 7.47. The Kier molecular flexibility index (Phi) is 8.44. The van der Waals surface area contributed by atoms with E-state index in [1.165, 1.54) is 41.3 Å². The molecule has 8 aliphatic carbocycles. The van der Waals surface area contributed by atoms with Gasteiger partial charge in [-0.2, -0.15) is 0 Å². The topological polar surface area (TPSA) is 24.1 Å². The first-order chi connectivity index (χ1) is 25.5. The standard InChI is InChI=1S/C48H62N2P2/c51-48(41-11-13-49-29-41,42-12-14-50-30-42)45-22-44(39-9-5-2-6-10-39)43(38-7-3-1-4-8-38)21-40(45)31-52(46-23-32-15-33(24-46)17-34(16-32)25-46)47-26-35-18-36(27-47)20-37(19-35)28-47/h1-10,21-22,32-37,41-42,49-50H,11-20,23-31,51H2. The van der Waals surface area contributed by atoms with E-state index in [1.807, 2.05) is 0 Å². The highest BCUT2D eigenvalue weighted by Gasteiger charge is 2.62. The van der Waals surface area contributed by atoms with Crippen molar-refractivity contribution in [3.63, 3.8) is 0 Å². The van der Waals surface area contributed by atoms with Gasteiger partial charge in [-0.15, -0.1) is 9.24 Å². The molecule has 2 nitrogen and oxygen atoms in total. The van der Waals surface area contributed by atoms with Gasteiger partial charge in [0.05, 0.1) is 0 Å². The molecule has 2 heterocycles. The van der Waals surface area contributed by atoms with E-state index in [1.54, 1.807) is 88.2 Å². The first-order valence-corrected chi connectivity index (χ1v) is 23.8. The van der Waals surface area contributed by atoms with Crippen LogP contribution in [0, 0.1) is 47.3 Å². The van der Waals surface area contributed by atoms with Gasteiger partial charge in [-0.05, 0) is 225 Å². The Balaban J connectivity index is 1.13. The predicted molar refractivity (Wildman–Crippen MR) is 223 cm³/mol. The summed E-state index contributed by atoms with van der Waals surface area (Å²) in [6, 6.07) is 28.6. The van der Waals surface area contributed by atoms with E-state index in [-0.39, 0.29) is 13.1 Å². The van der Waals surface area contributed by atoms with Crippen molar-refractivity contribution in [2.75, 3.05) is 26.2 Å². The maximum absolute atomic E-state index is 3.86. The van der Waals surface area contributed by atoms with E-state index in [0.29, 0.717) is 22.1 Å². The van der Waals surface area contributed by atoms with Crippen LogP contribution in [0.3, 0.4) is 0 Å². The monoisotopic (exact) mass is 728 g/mol. The largest absolute Gasteiger partial charge is 0.316 e. The lowest BCUT2D eigenvalue weighted by atomic mass is 9.55. The van der Waals surface area contributed by atoms with Gasteiger partial charge in [-0.25, -0.2) is 0 Å². The molecular formula is C48H62N2P2. The number of hydrogen-bond donors (Lipinski definition) is 2. The van der Waals surface area contributed by atoms with Gasteiger partial charge >= 0.3 is 0 Å². The van der Waals surface area contributed by atoms with Crippen LogP contribution in [-0.2, 0) is 11.3 Å². The molecule has 13 rings (SSSR count). The van der Waals surface area contributed by atoms with Crippen LogP contribution in [-0.4, -0.2) is 36.5 Å². The second-order valence-corrected chi connectivity index (χ2v) is 24.0. The van der Waals surface area contributed by atoms with Crippen LogP contribution in [0.2, 0.25) is 0 Å². The van der Waals surface area contributed by atoms with Gasteiger partial charge < -0.3 is 10.6 Å². The number of hydrogen-bond acceptors (Lipinski definition) is 2. The zero-order chi connectivity index (χ0) is 34.5. The molecule has 10 fully saturated rings. The van der Waals surface area contributed by atoms with Crippen molar-refractivity contribution in [1.29, 1.82) is 0 Å². The molecule has 4 heteroatoms. The molecule has 3 aromatic carbocycles. The molecule has 10 aliphatic rings. The van der Waals surface area contributed by atoms with Crippen molar-refractivity contribution < 1.29 is 0 Å². The Bertz CT molecular complexity index is 1640. The quantitative estimate of drug-likeness (QED) is 0.214. The molecule has 0 amide bonds. The van der Waals surface area contributed by atoms with E-state index >= 15 is 0 Å². The highest BCUT2D eigenvalue weighted by Crippen LogP contribution is 2.80. The third kappa shape index (κ3) is 5.53. The molecule has 0 radical (unpaired) electrons. The summed E-state index contributed by atoms with van der Waals surface area (Å²) in [5, 5.41) is 9.06. The number of nitrogens with one attached hydrogen (secondary N) is 2. The van der Waals surface area contributed by atoms with Crippen LogP contribution in [0.1, 0.15) is 101 Å². The average Bonchev–Trinajstić information content (AvgIpc) is 3.90. The highest BCUT2D eigenvalue weighted by molar-refractivity contribution is 7.60. The third-order valence-electron chi connectivity index (χ3n) is 16.8. The van der Waals surface area contributed by atoms with Gasteiger partial charge in [0.1, 0.15) is 0 Å². The lowest BCUT2D eigenvalue weighted by Crippen LogP contribution is -2.56. The van der Waals surface area contributed by atoms with Gasteiger partial charge in [0.15, 0.2) is 0 Å². The van der Waals surface area contributed by atoms with Crippen LogP contribution < -0.4 is 10.6 Å². The third-order valence-corrected chi connectivity index (χ3v) is 22.1. The summed E-state index contributed by atoms with van der Waals surface area (Å²) in [7, 11) is 3.52. The van der Waals surface area contributed by atoms with Crippen molar-refractivity contribution in [1.82, 2.24) is 10.6 Å². The summed E-state index contributed by atoms with van der Waals surface area (Å²) in [6.45, 7) is 4.63. The Morgan fingerprint density at radius 2 is 0.981 bits per heavy atom. The molecule has 0 spiro atoms. The van der Waals surface area contributed by atoms with Crippen LogP contribution in [0.5, 0.6) is 0 Å². The van der Waals surface area contributed by atoms with Crippen molar-refractivity contribution in [3.8, 4) is 22.3 Å². The minimum Gasteiger partial charge on any atom is -0.316 e. The van der Waals surface area contributed by atoms with Crippen molar-refractivity contribution in [2.24, 2.45) is 47.3 Å². The highest BCUT2D eigenvalue weighted by atomic mass is 31.1. The molecular weight excluding hydrogens is 666 g/mol. The Morgan fingerprint density at radius 3 is 1.37 bits per heavy atom. The lowest BCUT2D eigenvalue weighted by molar-refractivity contribution is 0.0184. The zero-order valence-corrected chi connectivity index (χ0v) is 33.6. The van der Waals surface area contributed by atoms with Crippen molar-refractivity contribution >= 4 is 17.2 Å². The summed E-state index contributed by atoms with van der Waals surface area (Å²) in [6.07, 6.45) is 22.9. The molecule has 52 heavy (non-hydrogen) atoms. The molecule has 3 atom stereocenters. The van der Waals surface area contributed by atoms with Crippen LogP contribution in [0.4, 0.5) is 0 Å². The number of rotatable bonds is 9. The molecule has 3 unspecified atom stereocenters. The summed E-state index contributed by atoms with van der Waals surface area (Å²) < 4.78 is 0. The fraction of sp³-hybridized carbons (Fsp3) is 0.625. The van der Waals surface area contributed by atoms with E-state index in [4.69, 9.17) is 0 Å². The lowest BCUT2D eigenvalue weighted by Gasteiger charge is -2.67. The molecule has 2 saturated heterocycles. The van der Waals surface area contributed by atoms with Gasteiger partial charge in [-0.1, -0.05) is 68.6 Å². The van der Waals surface area contributed by atoms with Gasteiger partial charge in [0.2, 0.25) is 0 Å². The van der Waals surface area contributed by atoms with Gasteiger partial charge in [0.25, 0.3) is 0 Å². The SMILES string of the molecule is PC(c1cc(-c2ccccc2)c(-c2ccccc2)cc1CP(C12CC3CC(CC(C3)C1)C2)C12CC3CC(CC(C3)C1)C2)(C1CCNC1)C1CCNC1.